The predicted molar refractivity (Wildman–Crippen MR) is 99.8 cm³/mol. The lowest BCUT2D eigenvalue weighted by Gasteiger charge is -2.49. The Hall–Kier alpha value is -0.0800. The summed E-state index contributed by atoms with van der Waals surface area (Å²) in [5.41, 5.74) is 0. The van der Waals surface area contributed by atoms with Gasteiger partial charge in [-0.15, -0.1) is 0 Å². The zero-order valence-electron chi connectivity index (χ0n) is 15.7. The van der Waals surface area contributed by atoms with E-state index in [1.807, 2.05) is 0 Å². The molecule has 0 bridgehead atoms. The Labute approximate surface area is 144 Å². The summed E-state index contributed by atoms with van der Waals surface area (Å²) in [5, 5.41) is 4.00. The SMILES string of the molecule is CCCCC1CC(NCC2CCCCC2)CN(C2CCC2C)C1. The summed E-state index contributed by atoms with van der Waals surface area (Å²) in [6.45, 7) is 8.81. The highest BCUT2D eigenvalue weighted by atomic mass is 15.2. The molecule has 3 rings (SSSR count). The molecule has 1 N–H and O–H groups in total. The van der Waals surface area contributed by atoms with Gasteiger partial charge < -0.3 is 5.32 Å². The standard InChI is InChI=1S/C21H40N2/c1-3-4-8-19-13-20(22-14-18-9-6-5-7-10-18)16-23(15-19)21-12-11-17(21)2/h17-22H,3-16H2,1-2H3. The van der Waals surface area contributed by atoms with Crippen LogP contribution in [0.4, 0.5) is 0 Å². The number of nitrogens with zero attached hydrogens (tertiary/aromatic N) is 1. The van der Waals surface area contributed by atoms with Gasteiger partial charge in [-0.05, 0) is 62.8 Å². The summed E-state index contributed by atoms with van der Waals surface area (Å²) in [6.07, 6.45) is 16.0. The second-order valence-corrected chi connectivity index (χ2v) is 8.93. The molecule has 1 heterocycles. The number of hydrogen-bond donors (Lipinski definition) is 1. The maximum Gasteiger partial charge on any atom is 0.0198 e. The van der Waals surface area contributed by atoms with E-state index in [0.717, 1.165) is 29.8 Å². The molecule has 0 spiro atoms. The van der Waals surface area contributed by atoms with Crippen LogP contribution in [0.3, 0.4) is 0 Å². The molecule has 2 aliphatic carbocycles. The van der Waals surface area contributed by atoms with Crippen molar-refractivity contribution in [2.24, 2.45) is 17.8 Å². The second-order valence-electron chi connectivity index (χ2n) is 8.93. The Kier molecular flexibility index (Phi) is 6.83. The van der Waals surface area contributed by atoms with Gasteiger partial charge in [-0.2, -0.15) is 0 Å². The Bertz CT molecular complexity index is 337. The Morgan fingerprint density at radius 3 is 2.43 bits per heavy atom. The van der Waals surface area contributed by atoms with Crippen molar-refractivity contribution >= 4 is 0 Å². The van der Waals surface area contributed by atoms with Crippen LogP contribution in [-0.2, 0) is 0 Å². The smallest absolute Gasteiger partial charge is 0.0198 e. The number of unbranched alkanes of at least 4 members (excludes halogenated alkanes) is 1. The summed E-state index contributed by atoms with van der Waals surface area (Å²) in [5.74, 6) is 2.86. The minimum Gasteiger partial charge on any atom is -0.312 e. The third kappa shape index (κ3) is 4.95. The minimum atomic E-state index is 0.764. The minimum absolute atomic E-state index is 0.764. The lowest BCUT2D eigenvalue weighted by atomic mass is 9.77. The Morgan fingerprint density at radius 2 is 1.78 bits per heavy atom. The van der Waals surface area contributed by atoms with E-state index in [4.69, 9.17) is 0 Å². The first-order valence-corrected chi connectivity index (χ1v) is 10.7. The number of likely N-dealkylation sites (tertiary alicyclic amines) is 1. The molecule has 0 radical (unpaired) electrons. The summed E-state index contributed by atoms with van der Waals surface area (Å²) in [4.78, 5) is 2.87. The largest absolute Gasteiger partial charge is 0.312 e. The van der Waals surface area contributed by atoms with Crippen LogP contribution in [0.15, 0.2) is 0 Å². The van der Waals surface area contributed by atoms with E-state index in [1.54, 1.807) is 0 Å². The molecule has 23 heavy (non-hydrogen) atoms. The molecule has 4 unspecified atom stereocenters. The molecule has 2 nitrogen and oxygen atoms in total. The average Bonchev–Trinajstić information content (AvgIpc) is 2.57. The molecule has 3 aliphatic rings. The molecular weight excluding hydrogens is 280 g/mol. The summed E-state index contributed by atoms with van der Waals surface area (Å²) in [7, 11) is 0. The van der Waals surface area contributed by atoms with Crippen molar-refractivity contribution < 1.29 is 0 Å². The Morgan fingerprint density at radius 1 is 0.957 bits per heavy atom. The van der Waals surface area contributed by atoms with Crippen molar-refractivity contribution in [2.75, 3.05) is 19.6 Å². The highest BCUT2D eigenvalue weighted by Gasteiger charge is 2.37. The first kappa shape index (κ1) is 17.7. The maximum atomic E-state index is 4.00. The van der Waals surface area contributed by atoms with E-state index in [1.165, 1.54) is 90.3 Å². The van der Waals surface area contributed by atoms with Crippen LogP contribution in [0.2, 0.25) is 0 Å². The van der Waals surface area contributed by atoms with Crippen LogP contribution < -0.4 is 5.32 Å². The van der Waals surface area contributed by atoms with Gasteiger partial charge in [-0.3, -0.25) is 4.90 Å². The van der Waals surface area contributed by atoms with Crippen LogP contribution in [0.25, 0.3) is 0 Å². The topological polar surface area (TPSA) is 15.3 Å². The molecule has 3 fully saturated rings. The summed E-state index contributed by atoms with van der Waals surface area (Å²) >= 11 is 0. The molecule has 1 saturated heterocycles. The molecule has 1 aliphatic heterocycles. The van der Waals surface area contributed by atoms with Crippen molar-refractivity contribution in [2.45, 2.75) is 96.6 Å². The van der Waals surface area contributed by atoms with Crippen molar-refractivity contribution in [1.82, 2.24) is 10.2 Å². The highest BCUT2D eigenvalue weighted by Crippen LogP contribution is 2.35. The number of nitrogens with one attached hydrogen (secondary N) is 1. The fraction of sp³-hybridized carbons (Fsp3) is 1.00. The monoisotopic (exact) mass is 320 g/mol. The summed E-state index contributed by atoms with van der Waals surface area (Å²) < 4.78 is 0. The van der Waals surface area contributed by atoms with Crippen molar-refractivity contribution in [1.29, 1.82) is 0 Å². The van der Waals surface area contributed by atoms with Gasteiger partial charge in [0, 0.05) is 25.2 Å². The molecule has 2 saturated carbocycles. The fourth-order valence-electron chi connectivity index (χ4n) is 5.28. The average molecular weight is 321 g/mol. The molecule has 4 atom stereocenters. The lowest BCUT2D eigenvalue weighted by molar-refractivity contribution is 0.0199. The third-order valence-electron chi connectivity index (χ3n) is 6.99. The first-order chi connectivity index (χ1) is 11.3. The van der Waals surface area contributed by atoms with Gasteiger partial charge in [0.15, 0.2) is 0 Å². The van der Waals surface area contributed by atoms with E-state index in [-0.39, 0.29) is 0 Å². The van der Waals surface area contributed by atoms with Gasteiger partial charge in [0.05, 0.1) is 0 Å². The molecule has 0 aromatic carbocycles. The first-order valence-electron chi connectivity index (χ1n) is 10.7. The van der Waals surface area contributed by atoms with Crippen molar-refractivity contribution in [3.63, 3.8) is 0 Å². The van der Waals surface area contributed by atoms with Crippen LogP contribution >= 0.6 is 0 Å². The van der Waals surface area contributed by atoms with Gasteiger partial charge in [-0.1, -0.05) is 46.0 Å². The van der Waals surface area contributed by atoms with E-state index >= 15 is 0 Å². The summed E-state index contributed by atoms with van der Waals surface area (Å²) in [6, 6.07) is 1.67. The van der Waals surface area contributed by atoms with Crippen molar-refractivity contribution in [3.8, 4) is 0 Å². The molecule has 0 amide bonds. The van der Waals surface area contributed by atoms with Crippen LogP contribution in [0, 0.1) is 17.8 Å². The van der Waals surface area contributed by atoms with E-state index in [0.29, 0.717) is 0 Å². The molecule has 0 aromatic rings. The van der Waals surface area contributed by atoms with E-state index < -0.39 is 0 Å². The molecular formula is C21H40N2. The van der Waals surface area contributed by atoms with E-state index in [2.05, 4.69) is 24.1 Å². The van der Waals surface area contributed by atoms with Gasteiger partial charge >= 0.3 is 0 Å². The van der Waals surface area contributed by atoms with Crippen molar-refractivity contribution in [3.05, 3.63) is 0 Å². The second kappa shape index (κ2) is 8.85. The van der Waals surface area contributed by atoms with Gasteiger partial charge in [0.25, 0.3) is 0 Å². The van der Waals surface area contributed by atoms with Gasteiger partial charge in [-0.25, -0.2) is 0 Å². The normalized spacial score (nSPS) is 36.8. The van der Waals surface area contributed by atoms with Gasteiger partial charge in [0.1, 0.15) is 0 Å². The van der Waals surface area contributed by atoms with Gasteiger partial charge in [0.2, 0.25) is 0 Å². The zero-order chi connectivity index (χ0) is 16.1. The number of hydrogen-bond acceptors (Lipinski definition) is 2. The molecule has 134 valence electrons. The molecule has 2 heteroatoms. The maximum absolute atomic E-state index is 4.00. The number of rotatable bonds is 7. The Balaban J connectivity index is 1.50. The van der Waals surface area contributed by atoms with Crippen LogP contribution in [-0.4, -0.2) is 36.6 Å². The van der Waals surface area contributed by atoms with Crippen LogP contribution in [0.5, 0.6) is 0 Å². The fourth-order valence-corrected chi connectivity index (χ4v) is 5.28. The van der Waals surface area contributed by atoms with Crippen LogP contribution in [0.1, 0.15) is 84.5 Å². The highest BCUT2D eigenvalue weighted by molar-refractivity contribution is 4.93. The quantitative estimate of drug-likeness (QED) is 0.722. The lowest BCUT2D eigenvalue weighted by Crippen LogP contribution is -2.57. The predicted octanol–water partition coefficient (Wildman–Crippen LogP) is 4.84. The van der Waals surface area contributed by atoms with E-state index in [9.17, 15) is 0 Å². The number of piperidine rings is 1. The zero-order valence-corrected chi connectivity index (χ0v) is 15.7. The third-order valence-corrected chi connectivity index (χ3v) is 6.99. The molecule has 0 aromatic heterocycles.